The number of ether oxygens (including phenoxy) is 2. The van der Waals surface area contributed by atoms with Gasteiger partial charge < -0.3 is 19.8 Å². The number of nitrogen functional groups attached to an aromatic ring is 1. The second-order valence-corrected chi connectivity index (χ2v) is 9.02. The number of hydrogen-bond donors (Lipinski definition) is 1. The molecule has 0 spiro atoms. The number of aryl methyl sites for hydroxylation is 1. The number of allylic oxidation sites excluding steroid dienone is 4. The minimum Gasteiger partial charge on any atom is -0.485 e. The normalized spacial score (nSPS) is 11.4. The maximum Gasteiger partial charge on any atom is 0.297 e. The van der Waals surface area contributed by atoms with Crippen molar-refractivity contribution in [3.05, 3.63) is 63.5 Å². The Labute approximate surface area is 198 Å². The Kier molecular flexibility index (Phi) is 10.3. The molecule has 0 aliphatic heterocycles. The molecule has 0 saturated carbocycles. The van der Waals surface area contributed by atoms with E-state index in [1.54, 1.807) is 4.57 Å². The minimum atomic E-state index is -0.177. The van der Waals surface area contributed by atoms with Crippen LogP contribution in [0.3, 0.4) is 0 Å². The molecule has 0 amide bonds. The largest absolute Gasteiger partial charge is 0.485 e. The van der Waals surface area contributed by atoms with Gasteiger partial charge in [0.1, 0.15) is 13.2 Å². The second-order valence-electron chi connectivity index (χ2n) is 9.02. The van der Waals surface area contributed by atoms with E-state index in [0.29, 0.717) is 31.2 Å². The fraction of sp³-hybridized carbons (Fsp3) is 0.464. The van der Waals surface area contributed by atoms with Gasteiger partial charge in [-0.15, -0.1) is 0 Å². The number of unbranched alkanes of at least 4 members (excludes halogenated alkanes) is 1. The number of aromatic nitrogens is 1. The van der Waals surface area contributed by atoms with Crippen LogP contribution in [0.25, 0.3) is 10.9 Å². The molecule has 0 bridgehead atoms. The Hall–Kier alpha value is -2.95. The highest BCUT2D eigenvalue weighted by molar-refractivity contribution is 5.90. The molecular weight excluding hydrogens is 412 g/mol. The summed E-state index contributed by atoms with van der Waals surface area (Å²) >= 11 is 0. The van der Waals surface area contributed by atoms with Gasteiger partial charge in [0.2, 0.25) is 5.75 Å². The standard InChI is InChI=1S/C28H40N2O3/c1-7-8-16-30-25-19-23(29)12-13-24(25)26(32-17-14-21(4)5)27(28(30)31)33-18-15-22(6)11-9-10-20(2)3/h10,12-15,19H,7-9,11,16-18,29H2,1-6H3/b22-15+. The average Bonchev–Trinajstić information content (AvgIpc) is 2.74. The van der Waals surface area contributed by atoms with Crippen LogP contribution in [-0.4, -0.2) is 17.8 Å². The molecule has 2 aromatic rings. The zero-order valence-corrected chi connectivity index (χ0v) is 21.2. The topological polar surface area (TPSA) is 66.5 Å². The summed E-state index contributed by atoms with van der Waals surface area (Å²) in [4.78, 5) is 13.5. The zero-order chi connectivity index (χ0) is 24.4. The molecule has 1 heterocycles. The van der Waals surface area contributed by atoms with Crippen molar-refractivity contribution < 1.29 is 9.47 Å². The van der Waals surface area contributed by atoms with Gasteiger partial charge in [-0.05, 0) is 84.2 Å². The summed E-state index contributed by atoms with van der Waals surface area (Å²) in [6.45, 7) is 13.8. The number of benzene rings is 1. The van der Waals surface area contributed by atoms with E-state index in [2.05, 4.69) is 33.8 Å². The lowest BCUT2D eigenvalue weighted by Crippen LogP contribution is -2.24. The van der Waals surface area contributed by atoms with Crippen LogP contribution in [0.5, 0.6) is 11.5 Å². The lowest BCUT2D eigenvalue weighted by Gasteiger charge is -2.18. The van der Waals surface area contributed by atoms with Crippen molar-refractivity contribution in [2.24, 2.45) is 0 Å². The summed E-state index contributed by atoms with van der Waals surface area (Å²) in [6, 6.07) is 5.59. The fourth-order valence-electron chi connectivity index (χ4n) is 3.47. The molecule has 0 aliphatic rings. The highest BCUT2D eigenvalue weighted by atomic mass is 16.5. The van der Waals surface area contributed by atoms with Crippen LogP contribution >= 0.6 is 0 Å². The quantitative estimate of drug-likeness (QED) is 0.284. The maximum absolute atomic E-state index is 13.5. The summed E-state index contributed by atoms with van der Waals surface area (Å²) < 4.78 is 14.0. The van der Waals surface area contributed by atoms with E-state index in [9.17, 15) is 4.79 Å². The summed E-state index contributed by atoms with van der Waals surface area (Å²) in [6.07, 6.45) is 10.1. The van der Waals surface area contributed by atoms with Crippen molar-refractivity contribution in [1.82, 2.24) is 4.57 Å². The van der Waals surface area contributed by atoms with Crippen molar-refractivity contribution in [3.63, 3.8) is 0 Å². The van der Waals surface area contributed by atoms with Gasteiger partial charge in [-0.2, -0.15) is 0 Å². The highest BCUT2D eigenvalue weighted by Crippen LogP contribution is 2.34. The predicted octanol–water partition coefficient (Wildman–Crippen LogP) is 6.80. The zero-order valence-electron chi connectivity index (χ0n) is 21.2. The van der Waals surface area contributed by atoms with Crippen LogP contribution in [0.15, 0.2) is 57.9 Å². The van der Waals surface area contributed by atoms with Crippen LogP contribution in [0, 0.1) is 0 Å². The smallest absolute Gasteiger partial charge is 0.297 e. The molecule has 5 nitrogen and oxygen atoms in total. The van der Waals surface area contributed by atoms with Gasteiger partial charge in [0, 0.05) is 17.6 Å². The van der Waals surface area contributed by atoms with Crippen LogP contribution < -0.4 is 20.8 Å². The van der Waals surface area contributed by atoms with Crippen molar-refractivity contribution in [2.45, 2.75) is 73.8 Å². The molecule has 0 saturated heterocycles. The lowest BCUT2D eigenvalue weighted by atomic mass is 10.1. The first-order valence-electron chi connectivity index (χ1n) is 11.9. The second kappa shape index (κ2) is 12.9. The van der Waals surface area contributed by atoms with Gasteiger partial charge >= 0.3 is 0 Å². The van der Waals surface area contributed by atoms with Gasteiger partial charge in [0.05, 0.1) is 5.52 Å². The molecule has 0 aliphatic carbocycles. The molecule has 2 rings (SSSR count). The Morgan fingerprint density at radius 3 is 2.30 bits per heavy atom. The fourth-order valence-corrected chi connectivity index (χ4v) is 3.47. The molecule has 0 radical (unpaired) electrons. The molecule has 0 atom stereocenters. The molecule has 180 valence electrons. The van der Waals surface area contributed by atoms with Crippen LogP contribution in [0.2, 0.25) is 0 Å². The van der Waals surface area contributed by atoms with Crippen LogP contribution in [-0.2, 0) is 6.54 Å². The third-order valence-corrected chi connectivity index (χ3v) is 5.41. The Morgan fingerprint density at radius 1 is 0.970 bits per heavy atom. The van der Waals surface area contributed by atoms with E-state index >= 15 is 0 Å². The Bertz CT molecular complexity index is 1080. The summed E-state index contributed by atoms with van der Waals surface area (Å²) in [5, 5.41) is 0.835. The number of hydrogen-bond acceptors (Lipinski definition) is 4. The molecule has 5 heteroatoms. The first-order chi connectivity index (χ1) is 15.7. The first kappa shape index (κ1) is 26.3. The van der Waals surface area contributed by atoms with E-state index < -0.39 is 0 Å². The SMILES string of the molecule is CCCCn1c(=O)c(OC/C=C(\C)CCC=C(C)C)c(OCC=C(C)C)c2ccc(N)cc21. The maximum atomic E-state index is 13.5. The van der Waals surface area contributed by atoms with Crippen molar-refractivity contribution in [3.8, 4) is 11.5 Å². The van der Waals surface area contributed by atoms with Gasteiger partial charge in [-0.1, -0.05) is 36.1 Å². The van der Waals surface area contributed by atoms with Crippen molar-refractivity contribution in [1.29, 1.82) is 0 Å². The molecule has 1 aromatic heterocycles. The molecule has 1 aromatic carbocycles. The molecule has 0 unspecified atom stereocenters. The monoisotopic (exact) mass is 452 g/mol. The van der Waals surface area contributed by atoms with Gasteiger partial charge in [-0.25, -0.2) is 0 Å². The van der Waals surface area contributed by atoms with E-state index in [4.69, 9.17) is 15.2 Å². The number of nitrogens with two attached hydrogens (primary N) is 1. The van der Waals surface area contributed by atoms with Gasteiger partial charge in [-0.3, -0.25) is 4.79 Å². The van der Waals surface area contributed by atoms with Gasteiger partial charge in [0.15, 0.2) is 5.75 Å². The third-order valence-electron chi connectivity index (χ3n) is 5.41. The van der Waals surface area contributed by atoms with E-state index in [1.165, 1.54) is 11.1 Å². The lowest BCUT2D eigenvalue weighted by molar-refractivity contribution is 0.304. The third kappa shape index (κ3) is 7.85. The average molecular weight is 453 g/mol. The van der Waals surface area contributed by atoms with E-state index in [-0.39, 0.29) is 11.3 Å². The van der Waals surface area contributed by atoms with E-state index in [1.807, 2.05) is 44.2 Å². The van der Waals surface area contributed by atoms with Crippen molar-refractivity contribution in [2.75, 3.05) is 18.9 Å². The summed E-state index contributed by atoms with van der Waals surface area (Å²) in [7, 11) is 0. The predicted molar refractivity (Wildman–Crippen MR) is 140 cm³/mol. The minimum absolute atomic E-state index is 0.177. The highest BCUT2D eigenvalue weighted by Gasteiger charge is 2.19. The molecular formula is C28H40N2O3. The number of pyridine rings is 1. The van der Waals surface area contributed by atoms with Gasteiger partial charge in [0.25, 0.3) is 5.56 Å². The van der Waals surface area contributed by atoms with Crippen LogP contribution in [0.4, 0.5) is 5.69 Å². The summed E-state index contributed by atoms with van der Waals surface area (Å²) in [5.41, 5.74) is 11.0. The molecule has 33 heavy (non-hydrogen) atoms. The number of rotatable bonds is 12. The molecule has 0 fully saturated rings. The van der Waals surface area contributed by atoms with E-state index in [0.717, 1.165) is 42.2 Å². The summed E-state index contributed by atoms with van der Waals surface area (Å²) in [5.74, 6) is 0.745. The Balaban J connectivity index is 2.47. The number of fused-ring (bicyclic) bond motifs is 1. The number of anilines is 1. The van der Waals surface area contributed by atoms with Crippen molar-refractivity contribution >= 4 is 16.6 Å². The molecule has 2 N–H and O–H groups in total. The van der Waals surface area contributed by atoms with Crippen LogP contribution in [0.1, 0.15) is 67.2 Å². The first-order valence-corrected chi connectivity index (χ1v) is 11.9. The number of nitrogens with zero attached hydrogens (tertiary/aromatic N) is 1. The Morgan fingerprint density at radius 2 is 1.64 bits per heavy atom.